The van der Waals surface area contributed by atoms with Gasteiger partial charge in [0.05, 0.1) is 39.2 Å². The number of esters is 2. The minimum absolute atomic E-state index is 0.0345. The molecule has 0 saturated heterocycles. The van der Waals surface area contributed by atoms with E-state index in [4.69, 9.17) is 18.9 Å². The van der Waals surface area contributed by atoms with Crippen molar-refractivity contribution in [1.82, 2.24) is 0 Å². The summed E-state index contributed by atoms with van der Waals surface area (Å²) in [6.07, 6.45) is -0.816. The molecule has 1 atom stereocenters. The molecule has 8 heteroatoms. The van der Waals surface area contributed by atoms with Crippen LogP contribution in [0.15, 0.2) is 54.1 Å². The van der Waals surface area contributed by atoms with Crippen LogP contribution in [0.2, 0.25) is 0 Å². The van der Waals surface area contributed by atoms with Crippen molar-refractivity contribution in [1.29, 1.82) is 0 Å². The molecule has 3 rings (SSSR count). The van der Waals surface area contributed by atoms with Crippen molar-refractivity contribution in [2.75, 3.05) is 32.8 Å². The summed E-state index contributed by atoms with van der Waals surface area (Å²) in [5, 5.41) is 0. The molecule has 168 valence electrons. The first-order valence-corrected chi connectivity index (χ1v) is 9.97. The number of carbonyl (C=O) groups is 3. The number of anilines is 1. The molecule has 0 bridgehead atoms. The van der Waals surface area contributed by atoms with Crippen LogP contribution in [0.3, 0.4) is 0 Å². The van der Waals surface area contributed by atoms with E-state index in [1.54, 1.807) is 62.6 Å². The Morgan fingerprint density at radius 3 is 2.16 bits per heavy atom. The molecular weight excluding hydrogens is 414 g/mol. The zero-order valence-electron chi connectivity index (χ0n) is 18.6. The van der Waals surface area contributed by atoms with Crippen molar-refractivity contribution in [2.45, 2.75) is 19.4 Å². The molecule has 0 spiro atoms. The predicted octanol–water partition coefficient (Wildman–Crippen LogP) is 3.58. The summed E-state index contributed by atoms with van der Waals surface area (Å²) in [7, 11) is 3.97. The van der Waals surface area contributed by atoms with Gasteiger partial charge in [0.25, 0.3) is 0 Å². The molecule has 0 radical (unpaired) electrons. The number of methoxy groups -OCH3 is 3. The highest BCUT2D eigenvalue weighted by atomic mass is 16.6. The Morgan fingerprint density at radius 2 is 1.59 bits per heavy atom. The Hall–Kier alpha value is -3.81. The Morgan fingerprint density at radius 1 is 0.938 bits per heavy atom. The fourth-order valence-corrected chi connectivity index (χ4v) is 3.91. The summed E-state index contributed by atoms with van der Waals surface area (Å²) in [5.41, 5.74) is 0.163. The molecule has 0 unspecified atom stereocenters. The van der Waals surface area contributed by atoms with Gasteiger partial charge < -0.3 is 18.9 Å². The maximum atomic E-state index is 13.3. The predicted molar refractivity (Wildman–Crippen MR) is 117 cm³/mol. The second-order valence-electron chi connectivity index (χ2n) is 7.09. The first-order chi connectivity index (χ1) is 15.3. The van der Waals surface area contributed by atoms with Crippen molar-refractivity contribution in [3.05, 3.63) is 65.2 Å². The molecule has 1 amide bonds. The Bertz CT molecular complexity index is 1070. The van der Waals surface area contributed by atoms with Crippen LogP contribution in [0, 0.1) is 0 Å². The normalized spacial score (nSPS) is 17.3. The van der Waals surface area contributed by atoms with Crippen LogP contribution in [0.4, 0.5) is 10.5 Å². The van der Waals surface area contributed by atoms with E-state index in [9.17, 15) is 14.4 Å². The summed E-state index contributed by atoms with van der Waals surface area (Å²) < 4.78 is 20.6. The molecule has 0 N–H and O–H groups in total. The van der Waals surface area contributed by atoms with Crippen molar-refractivity contribution < 1.29 is 33.3 Å². The van der Waals surface area contributed by atoms with Crippen LogP contribution in [0.5, 0.6) is 5.75 Å². The molecule has 1 aliphatic heterocycles. The highest BCUT2D eigenvalue weighted by Crippen LogP contribution is 2.47. The highest BCUT2D eigenvalue weighted by Gasteiger charge is 2.55. The molecule has 1 heterocycles. The Kier molecular flexibility index (Phi) is 6.53. The third-order valence-corrected chi connectivity index (χ3v) is 5.40. The number of benzene rings is 2. The number of amides is 1. The van der Waals surface area contributed by atoms with Gasteiger partial charge in [0.1, 0.15) is 5.75 Å². The number of ether oxygens (including phenoxy) is 4. The van der Waals surface area contributed by atoms with Gasteiger partial charge >= 0.3 is 18.0 Å². The van der Waals surface area contributed by atoms with Crippen LogP contribution in [0.25, 0.3) is 5.57 Å². The third kappa shape index (κ3) is 3.57. The molecule has 0 aliphatic carbocycles. The SMILES string of the molecule is CCOC(=O)[C@@]1(C)C(C(=O)OC)=C(c2ccc(OC)cc2)c2ccccc2N1C(=O)OC. The van der Waals surface area contributed by atoms with Gasteiger partial charge in [-0.05, 0) is 37.6 Å². The van der Waals surface area contributed by atoms with Gasteiger partial charge in [-0.25, -0.2) is 14.4 Å². The first-order valence-electron chi connectivity index (χ1n) is 9.97. The van der Waals surface area contributed by atoms with E-state index >= 15 is 0 Å². The third-order valence-electron chi connectivity index (χ3n) is 5.40. The Balaban J connectivity index is 2.47. The van der Waals surface area contributed by atoms with Gasteiger partial charge in [0.2, 0.25) is 0 Å². The van der Waals surface area contributed by atoms with Crippen molar-refractivity contribution in [3.63, 3.8) is 0 Å². The number of para-hydroxylation sites is 1. The molecule has 2 aromatic carbocycles. The topological polar surface area (TPSA) is 91.4 Å². The molecule has 8 nitrogen and oxygen atoms in total. The lowest BCUT2D eigenvalue weighted by Crippen LogP contribution is -2.61. The zero-order valence-corrected chi connectivity index (χ0v) is 18.6. The zero-order chi connectivity index (χ0) is 23.5. The van der Waals surface area contributed by atoms with E-state index in [1.165, 1.54) is 21.1 Å². The van der Waals surface area contributed by atoms with Crippen LogP contribution in [0.1, 0.15) is 25.0 Å². The molecule has 1 aliphatic rings. The second kappa shape index (κ2) is 9.13. The fraction of sp³-hybridized carbons (Fsp3) is 0.292. The van der Waals surface area contributed by atoms with E-state index in [0.29, 0.717) is 28.1 Å². The van der Waals surface area contributed by atoms with Crippen LogP contribution in [-0.4, -0.2) is 51.5 Å². The second-order valence-corrected chi connectivity index (χ2v) is 7.09. The maximum Gasteiger partial charge on any atom is 0.415 e. The summed E-state index contributed by atoms with van der Waals surface area (Å²) in [4.78, 5) is 40.6. The average molecular weight is 439 g/mol. The van der Waals surface area contributed by atoms with Crippen molar-refractivity contribution >= 4 is 29.3 Å². The lowest BCUT2D eigenvalue weighted by Gasteiger charge is -2.43. The molecular formula is C24H25NO7. The molecule has 2 aromatic rings. The van der Waals surface area contributed by atoms with Gasteiger partial charge in [-0.2, -0.15) is 0 Å². The maximum absolute atomic E-state index is 13.3. The van der Waals surface area contributed by atoms with Gasteiger partial charge in [0, 0.05) is 11.1 Å². The number of hydrogen-bond donors (Lipinski definition) is 0. The smallest absolute Gasteiger partial charge is 0.415 e. The van der Waals surface area contributed by atoms with Crippen molar-refractivity contribution in [2.24, 2.45) is 0 Å². The summed E-state index contributed by atoms with van der Waals surface area (Å²) in [6, 6.07) is 14.0. The van der Waals surface area contributed by atoms with Crippen LogP contribution in [-0.2, 0) is 23.8 Å². The quantitative estimate of drug-likeness (QED) is 0.519. The number of hydrogen-bond acceptors (Lipinski definition) is 7. The number of carbonyl (C=O) groups excluding carboxylic acids is 3. The fourth-order valence-electron chi connectivity index (χ4n) is 3.91. The lowest BCUT2D eigenvalue weighted by atomic mass is 9.77. The van der Waals surface area contributed by atoms with E-state index in [-0.39, 0.29) is 12.2 Å². The summed E-state index contributed by atoms with van der Waals surface area (Å²) in [6.45, 7) is 3.15. The highest BCUT2D eigenvalue weighted by molar-refractivity contribution is 6.18. The van der Waals surface area contributed by atoms with E-state index in [2.05, 4.69) is 0 Å². The van der Waals surface area contributed by atoms with E-state index in [1.807, 2.05) is 0 Å². The number of nitrogens with zero attached hydrogens (tertiary/aromatic N) is 1. The number of rotatable bonds is 5. The first kappa shape index (κ1) is 22.9. The monoisotopic (exact) mass is 439 g/mol. The lowest BCUT2D eigenvalue weighted by molar-refractivity contribution is -0.150. The summed E-state index contributed by atoms with van der Waals surface area (Å²) in [5.74, 6) is -0.927. The van der Waals surface area contributed by atoms with Gasteiger partial charge in [-0.3, -0.25) is 4.90 Å². The number of fused-ring (bicyclic) bond motifs is 1. The largest absolute Gasteiger partial charge is 0.497 e. The molecule has 0 fully saturated rings. The van der Waals surface area contributed by atoms with E-state index in [0.717, 1.165) is 4.90 Å². The molecule has 0 saturated carbocycles. The van der Waals surface area contributed by atoms with Crippen LogP contribution < -0.4 is 9.64 Å². The van der Waals surface area contributed by atoms with Gasteiger partial charge in [-0.1, -0.05) is 30.3 Å². The Labute approximate surface area is 186 Å². The van der Waals surface area contributed by atoms with E-state index < -0.39 is 23.6 Å². The molecule has 0 aromatic heterocycles. The van der Waals surface area contributed by atoms with Gasteiger partial charge in [0.15, 0.2) is 5.54 Å². The standard InChI is InChI=1S/C24H25NO7/c1-6-32-22(27)24(2)20(21(26)30-4)19(15-11-13-16(29-3)14-12-15)17-9-7-8-10-18(17)25(24)23(28)31-5/h7-14H,6H2,1-5H3/t24-/m1/s1. The summed E-state index contributed by atoms with van der Waals surface area (Å²) >= 11 is 0. The minimum atomic E-state index is -1.85. The molecule has 32 heavy (non-hydrogen) atoms. The average Bonchev–Trinajstić information content (AvgIpc) is 2.82. The van der Waals surface area contributed by atoms with Crippen molar-refractivity contribution in [3.8, 4) is 5.75 Å². The van der Waals surface area contributed by atoms with Crippen LogP contribution >= 0.6 is 0 Å². The van der Waals surface area contributed by atoms with Gasteiger partial charge in [-0.15, -0.1) is 0 Å². The minimum Gasteiger partial charge on any atom is -0.497 e.